The quantitative estimate of drug-likeness (QED) is 0.819. The molecule has 18 heavy (non-hydrogen) atoms. The summed E-state index contributed by atoms with van der Waals surface area (Å²) in [6.45, 7) is 12.8. The van der Waals surface area contributed by atoms with Crippen LogP contribution < -0.4 is 5.32 Å². The number of hydrogen-bond acceptors (Lipinski definition) is 2. The molecule has 1 aliphatic rings. The van der Waals surface area contributed by atoms with Gasteiger partial charge in [-0.15, -0.1) is 6.58 Å². The molecule has 0 amide bonds. The van der Waals surface area contributed by atoms with E-state index in [0.29, 0.717) is 6.04 Å². The Kier molecular flexibility index (Phi) is 4.56. The molecule has 1 fully saturated rings. The summed E-state index contributed by atoms with van der Waals surface area (Å²) in [5, 5.41) is 3.42. The summed E-state index contributed by atoms with van der Waals surface area (Å²) in [5.41, 5.74) is 4.29. The van der Waals surface area contributed by atoms with Gasteiger partial charge in [-0.25, -0.2) is 0 Å². The van der Waals surface area contributed by atoms with Crippen molar-refractivity contribution in [3.8, 4) is 0 Å². The Bertz CT molecular complexity index is 406. The fourth-order valence-corrected chi connectivity index (χ4v) is 2.76. The van der Waals surface area contributed by atoms with E-state index in [2.05, 4.69) is 54.9 Å². The SMILES string of the molecule is C=CC[C@@H](c1cccc(C)c1C)N1CCNCC1. The van der Waals surface area contributed by atoms with E-state index in [1.165, 1.54) is 16.7 Å². The maximum Gasteiger partial charge on any atom is 0.0386 e. The smallest absolute Gasteiger partial charge is 0.0386 e. The highest BCUT2D eigenvalue weighted by atomic mass is 15.2. The van der Waals surface area contributed by atoms with Gasteiger partial charge in [0.15, 0.2) is 0 Å². The second-order valence-corrected chi connectivity index (χ2v) is 5.12. The van der Waals surface area contributed by atoms with E-state index in [4.69, 9.17) is 0 Å². The predicted molar refractivity (Wildman–Crippen MR) is 77.9 cm³/mol. The zero-order valence-electron chi connectivity index (χ0n) is 11.6. The van der Waals surface area contributed by atoms with E-state index >= 15 is 0 Å². The van der Waals surface area contributed by atoms with Gasteiger partial charge in [0, 0.05) is 32.2 Å². The summed E-state index contributed by atoms with van der Waals surface area (Å²) in [6, 6.07) is 7.14. The first kappa shape index (κ1) is 13.3. The molecule has 1 aromatic rings. The Balaban J connectivity index is 2.28. The molecule has 1 atom stereocenters. The van der Waals surface area contributed by atoms with Gasteiger partial charge in [-0.3, -0.25) is 4.90 Å². The average Bonchev–Trinajstić information content (AvgIpc) is 2.41. The normalized spacial score (nSPS) is 18.6. The molecule has 2 heteroatoms. The van der Waals surface area contributed by atoms with Crippen molar-refractivity contribution in [3.63, 3.8) is 0 Å². The number of aryl methyl sites for hydroxylation is 1. The van der Waals surface area contributed by atoms with Gasteiger partial charge in [-0.1, -0.05) is 24.3 Å². The van der Waals surface area contributed by atoms with Crippen LogP contribution in [0.3, 0.4) is 0 Å². The van der Waals surface area contributed by atoms with E-state index in [9.17, 15) is 0 Å². The van der Waals surface area contributed by atoms with Crippen LogP contribution in [-0.2, 0) is 0 Å². The first-order chi connectivity index (χ1) is 8.74. The van der Waals surface area contributed by atoms with Gasteiger partial charge in [0.05, 0.1) is 0 Å². The highest BCUT2D eigenvalue weighted by molar-refractivity contribution is 5.35. The van der Waals surface area contributed by atoms with E-state index in [-0.39, 0.29) is 0 Å². The van der Waals surface area contributed by atoms with Crippen molar-refractivity contribution in [3.05, 3.63) is 47.5 Å². The molecule has 1 heterocycles. The lowest BCUT2D eigenvalue weighted by atomic mass is 9.94. The molecule has 1 N–H and O–H groups in total. The third-order valence-electron chi connectivity index (χ3n) is 3.99. The standard InChI is InChI=1S/C16H24N2/c1-4-6-16(18-11-9-17-10-12-18)15-8-5-7-13(2)14(15)3/h4-5,7-8,16-17H,1,6,9-12H2,2-3H3/t16-/m0/s1. The Morgan fingerprint density at radius 1 is 1.33 bits per heavy atom. The highest BCUT2D eigenvalue weighted by Crippen LogP contribution is 2.29. The molecule has 1 aromatic carbocycles. The molecule has 2 nitrogen and oxygen atoms in total. The number of benzene rings is 1. The molecule has 1 saturated heterocycles. The zero-order chi connectivity index (χ0) is 13.0. The van der Waals surface area contributed by atoms with Crippen LogP contribution in [0.15, 0.2) is 30.9 Å². The van der Waals surface area contributed by atoms with Crippen molar-refractivity contribution in [2.45, 2.75) is 26.3 Å². The number of piperazine rings is 1. The van der Waals surface area contributed by atoms with Crippen LogP contribution in [0.25, 0.3) is 0 Å². The highest BCUT2D eigenvalue weighted by Gasteiger charge is 2.22. The van der Waals surface area contributed by atoms with E-state index in [1.54, 1.807) is 0 Å². The summed E-state index contributed by atoms with van der Waals surface area (Å²) in [7, 11) is 0. The van der Waals surface area contributed by atoms with Crippen molar-refractivity contribution in [2.75, 3.05) is 26.2 Å². The topological polar surface area (TPSA) is 15.3 Å². The molecule has 0 aliphatic carbocycles. The van der Waals surface area contributed by atoms with E-state index in [0.717, 1.165) is 32.6 Å². The summed E-state index contributed by atoms with van der Waals surface area (Å²) >= 11 is 0. The molecule has 0 saturated carbocycles. The number of hydrogen-bond donors (Lipinski definition) is 1. The molecule has 0 aromatic heterocycles. The Labute approximate surface area is 111 Å². The number of nitrogens with zero attached hydrogens (tertiary/aromatic N) is 1. The minimum absolute atomic E-state index is 0.490. The largest absolute Gasteiger partial charge is 0.314 e. The number of rotatable bonds is 4. The molecule has 0 bridgehead atoms. The Morgan fingerprint density at radius 3 is 2.72 bits per heavy atom. The van der Waals surface area contributed by atoms with Gasteiger partial charge in [0.2, 0.25) is 0 Å². The first-order valence-corrected chi connectivity index (χ1v) is 6.86. The van der Waals surface area contributed by atoms with E-state index < -0.39 is 0 Å². The van der Waals surface area contributed by atoms with Crippen molar-refractivity contribution >= 4 is 0 Å². The fourth-order valence-electron chi connectivity index (χ4n) is 2.76. The van der Waals surface area contributed by atoms with Crippen molar-refractivity contribution in [1.29, 1.82) is 0 Å². The summed E-state index contributed by atoms with van der Waals surface area (Å²) in [6.07, 6.45) is 3.08. The second-order valence-electron chi connectivity index (χ2n) is 5.12. The Hall–Kier alpha value is -1.12. The van der Waals surface area contributed by atoms with Crippen molar-refractivity contribution in [1.82, 2.24) is 10.2 Å². The lowest BCUT2D eigenvalue weighted by Gasteiger charge is -2.35. The van der Waals surface area contributed by atoms with Crippen LogP contribution in [0.2, 0.25) is 0 Å². The van der Waals surface area contributed by atoms with Crippen LogP contribution in [0.1, 0.15) is 29.2 Å². The monoisotopic (exact) mass is 244 g/mol. The molecular weight excluding hydrogens is 220 g/mol. The van der Waals surface area contributed by atoms with Gasteiger partial charge in [0.1, 0.15) is 0 Å². The third-order valence-corrected chi connectivity index (χ3v) is 3.99. The van der Waals surface area contributed by atoms with Gasteiger partial charge in [-0.2, -0.15) is 0 Å². The molecule has 0 radical (unpaired) electrons. The molecule has 0 spiro atoms. The molecule has 2 rings (SSSR count). The maximum atomic E-state index is 3.93. The lowest BCUT2D eigenvalue weighted by Crippen LogP contribution is -2.45. The van der Waals surface area contributed by atoms with Gasteiger partial charge >= 0.3 is 0 Å². The predicted octanol–water partition coefficient (Wildman–Crippen LogP) is 2.83. The van der Waals surface area contributed by atoms with Crippen LogP contribution in [0, 0.1) is 13.8 Å². The summed E-state index contributed by atoms with van der Waals surface area (Å²) < 4.78 is 0. The average molecular weight is 244 g/mol. The maximum absolute atomic E-state index is 3.93. The van der Waals surface area contributed by atoms with Crippen molar-refractivity contribution < 1.29 is 0 Å². The lowest BCUT2D eigenvalue weighted by molar-refractivity contribution is 0.174. The molecular formula is C16H24N2. The summed E-state index contributed by atoms with van der Waals surface area (Å²) in [4.78, 5) is 2.58. The summed E-state index contributed by atoms with van der Waals surface area (Å²) in [5.74, 6) is 0. The zero-order valence-corrected chi connectivity index (χ0v) is 11.6. The van der Waals surface area contributed by atoms with Gasteiger partial charge in [-0.05, 0) is 37.0 Å². The minimum Gasteiger partial charge on any atom is -0.314 e. The van der Waals surface area contributed by atoms with Crippen LogP contribution >= 0.6 is 0 Å². The van der Waals surface area contributed by atoms with Crippen LogP contribution in [-0.4, -0.2) is 31.1 Å². The minimum atomic E-state index is 0.490. The second kappa shape index (κ2) is 6.17. The van der Waals surface area contributed by atoms with Crippen molar-refractivity contribution in [2.24, 2.45) is 0 Å². The fraction of sp³-hybridized carbons (Fsp3) is 0.500. The Morgan fingerprint density at radius 2 is 2.06 bits per heavy atom. The molecule has 1 aliphatic heterocycles. The van der Waals surface area contributed by atoms with Gasteiger partial charge < -0.3 is 5.32 Å². The number of nitrogens with one attached hydrogen (secondary N) is 1. The first-order valence-electron chi connectivity index (χ1n) is 6.86. The van der Waals surface area contributed by atoms with Crippen LogP contribution in [0.4, 0.5) is 0 Å². The van der Waals surface area contributed by atoms with E-state index in [1.807, 2.05) is 0 Å². The van der Waals surface area contributed by atoms with Crippen LogP contribution in [0.5, 0.6) is 0 Å². The van der Waals surface area contributed by atoms with Gasteiger partial charge in [0.25, 0.3) is 0 Å². The molecule has 98 valence electrons. The molecule has 0 unspecified atom stereocenters. The third kappa shape index (κ3) is 2.82.